The summed E-state index contributed by atoms with van der Waals surface area (Å²) in [6, 6.07) is 19.9. The molecule has 0 aliphatic rings. The van der Waals surface area contributed by atoms with Crippen LogP contribution in [0.25, 0.3) is 22.9 Å². The number of benzene rings is 3. The molecule has 34 heavy (non-hydrogen) atoms. The van der Waals surface area contributed by atoms with E-state index in [1.165, 1.54) is 0 Å². The molecule has 2 unspecified atom stereocenters. The number of rotatable bonds is 9. The maximum atomic E-state index is 12.0. The molecule has 0 spiro atoms. The van der Waals surface area contributed by atoms with Crippen molar-refractivity contribution < 1.29 is 9.59 Å². The molecule has 0 saturated heterocycles. The second kappa shape index (κ2) is 15.3. The molecule has 0 heterocycles. The summed E-state index contributed by atoms with van der Waals surface area (Å²) >= 11 is 11.7. The Kier molecular flexibility index (Phi) is 13.2. The first kappa shape index (κ1) is 29.4. The van der Waals surface area contributed by atoms with Crippen molar-refractivity contribution in [1.82, 2.24) is 0 Å². The van der Waals surface area contributed by atoms with Crippen molar-refractivity contribution in [2.24, 2.45) is 0 Å². The Hall–Kier alpha value is -2.68. The lowest BCUT2D eigenvalue weighted by molar-refractivity contribution is -0.114. The van der Waals surface area contributed by atoms with Crippen LogP contribution >= 0.6 is 23.2 Å². The van der Waals surface area contributed by atoms with Gasteiger partial charge in [-0.2, -0.15) is 0 Å². The molecule has 3 aromatic rings. The van der Waals surface area contributed by atoms with Gasteiger partial charge in [-0.3, -0.25) is 9.59 Å². The van der Waals surface area contributed by atoms with Crippen LogP contribution in [0.4, 0.5) is 0 Å². The van der Waals surface area contributed by atoms with Gasteiger partial charge in [0.1, 0.15) is 0 Å². The molecule has 0 aliphatic carbocycles. The van der Waals surface area contributed by atoms with E-state index in [2.05, 4.69) is 19.2 Å². The summed E-state index contributed by atoms with van der Waals surface area (Å²) in [5.41, 5.74) is 3.70. The molecule has 0 N–H and O–H groups in total. The minimum atomic E-state index is -0.458. The van der Waals surface area contributed by atoms with Crippen molar-refractivity contribution >= 4 is 56.6 Å². The fourth-order valence-electron chi connectivity index (χ4n) is 3.96. The molecular formula is C30H34Cl2O2. The van der Waals surface area contributed by atoms with Crippen LogP contribution in [0.5, 0.6) is 0 Å². The van der Waals surface area contributed by atoms with Gasteiger partial charge in [0.05, 0.1) is 0 Å². The molecule has 3 rings (SSSR count). The van der Waals surface area contributed by atoms with Gasteiger partial charge >= 0.3 is 0 Å². The van der Waals surface area contributed by atoms with Crippen LogP contribution < -0.4 is 0 Å². The first-order valence-electron chi connectivity index (χ1n) is 11.7. The summed E-state index contributed by atoms with van der Waals surface area (Å²) < 4.78 is 0. The Morgan fingerprint density at radius 1 is 0.706 bits per heavy atom. The molecule has 0 aliphatic heterocycles. The van der Waals surface area contributed by atoms with E-state index < -0.39 is 10.5 Å². The van der Waals surface area contributed by atoms with E-state index in [0.717, 1.165) is 33.0 Å². The highest BCUT2D eigenvalue weighted by molar-refractivity contribution is 6.64. The van der Waals surface area contributed by atoms with Gasteiger partial charge in [0.2, 0.25) is 10.5 Å². The summed E-state index contributed by atoms with van der Waals surface area (Å²) in [5, 5.41) is 1.26. The van der Waals surface area contributed by atoms with E-state index in [1.807, 2.05) is 82.3 Å². The van der Waals surface area contributed by atoms with E-state index in [0.29, 0.717) is 0 Å². The maximum Gasteiger partial charge on any atom is 0.222 e. The van der Waals surface area contributed by atoms with E-state index in [-0.39, 0.29) is 24.7 Å². The topological polar surface area (TPSA) is 34.1 Å². The van der Waals surface area contributed by atoms with E-state index in [4.69, 9.17) is 23.2 Å². The van der Waals surface area contributed by atoms with Gasteiger partial charge in [0, 0.05) is 12.8 Å². The molecule has 180 valence electrons. The second-order valence-corrected chi connectivity index (χ2v) is 8.08. The largest absolute Gasteiger partial charge is 0.281 e. The van der Waals surface area contributed by atoms with Crippen LogP contribution in [0.1, 0.15) is 74.6 Å². The zero-order valence-corrected chi connectivity index (χ0v) is 22.0. The second-order valence-electron chi connectivity index (χ2n) is 7.23. The van der Waals surface area contributed by atoms with Crippen LogP contribution in [-0.2, 0) is 9.59 Å². The van der Waals surface area contributed by atoms with Crippen LogP contribution in [0, 0.1) is 0 Å². The highest BCUT2D eigenvalue weighted by Crippen LogP contribution is 2.41. The van der Waals surface area contributed by atoms with Crippen LogP contribution in [0.3, 0.4) is 0 Å². The molecule has 0 saturated carbocycles. The number of carbonyl (C=O) groups excluding carboxylic acids is 2. The Labute approximate surface area is 214 Å². The molecule has 0 bridgehead atoms. The molecule has 2 atom stereocenters. The zero-order chi connectivity index (χ0) is 25.7. The lowest BCUT2D eigenvalue weighted by Crippen LogP contribution is -2.16. The standard InChI is InChI=1S/C26H22Cl2O2.2C2H6/c1-3-17-9-11-21(13-18(17)4-2)23(15-25(27)29)24(16-26(28)30)22-12-10-19-7-5-6-8-20(19)14-22;2*1-2/h3-14,23-24H,1-2,15-16H2;2*1-2H3. The normalized spacial score (nSPS) is 11.7. The van der Waals surface area contributed by atoms with Gasteiger partial charge in [-0.1, -0.05) is 114 Å². The van der Waals surface area contributed by atoms with Gasteiger partial charge in [-0.15, -0.1) is 0 Å². The molecule has 0 amide bonds. The number of carbonyl (C=O) groups is 2. The fourth-order valence-corrected chi connectivity index (χ4v) is 4.29. The lowest BCUT2D eigenvalue weighted by Gasteiger charge is -2.27. The van der Waals surface area contributed by atoms with E-state index in [1.54, 1.807) is 12.2 Å². The van der Waals surface area contributed by atoms with Crippen molar-refractivity contribution in [2.75, 3.05) is 0 Å². The molecule has 4 heteroatoms. The van der Waals surface area contributed by atoms with Crippen molar-refractivity contribution in [2.45, 2.75) is 52.4 Å². The molecular weight excluding hydrogens is 463 g/mol. The Balaban J connectivity index is 0.00000137. The SMILES string of the molecule is C=Cc1ccc(C(CC(=O)Cl)C(CC(=O)Cl)c2ccc3ccccc3c2)cc1C=C.CC.CC. The van der Waals surface area contributed by atoms with Crippen molar-refractivity contribution in [1.29, 1.82) is 0 Å². The van der Waals surface area contributed by atoms with Crippen LogP contribution in [0.15, 0.2) is 73.8 Å². The summed E-state index contributed by atoms with van der Waals surface area (Å²) in [4.78, 5) is 23.9. The van der Waals surface area contributed by atoms with Crippen molar-refractivity contribution in [3.63, 3.8) is 0 Å². The third-order valence-electron chi connectivity index (χ3n) is 5.43. The Bertz CT molecular complexity index is 1120. The smallest absolute Gasteiger partial charge is 0.222 e. The average molecular weight is 498 g/mol. The number of hydrogen-bond acceptors (Lipinski definition) is 2. The number of hydrogen-bond donors (Lipinski definition) is 0. The lowest BCUT2D eigenvalue weighted by atomic mass is 9.77. The van der Waals surface area contributed by atoms with Crippen molar-refractivity contribution in [3.05, 3.63) is 96.1 Å². The minimum Gasteiger partial charge on any atom is -0.281 e. The summed E-state index contributed by atoms with van der Waals surface area (Å²) in [7, 11) is 0. The third-order valence-corrected chi connectivity index (χ3v) is 5.74. The monoisotopic (exact) mass is 496 g/mol. The summed E-state index contributed by atoms with van der Waals surface area (Å²) in [5.74, 6) is -0.606. The maximum absolute atomic E-state index is 12.0. The summed E-state index contributed by atoms with van der Waals surface area (Å²) in [6.07, 6.45) is 3.69. The Morgan fingerprint density at radius 3 is 1.68 bits per heavy atom. The van der Waals surface area contributed by atoms with Gasteiger partial charge in [-0.05, 0) is 68.1 Å². The predicted molar refractivity (Wildman–Crippen MR) is 150 cm³/mol. The highest BCUT2D eigenvalue weighted by atomic mass is 35.5. The zero-order valence-electron chi connectivity index (χ0n) is 20.5. The fraction of sp³-hybridized carbons (Fsp3) is 0.267. The molecule has 2 nitrogen and oxygen atoms in total. The molecule has 0 aromatic heterocycles. The number of fused-ring (bicyclic) bond motifs is 1. The molecule has 0 fully saturated rings. The first-order valence-corrected chi connectivity index (χ1v) is 12.4. The molecule has 3 aromatic carbocycles. The number of halogens is 2. The van der Waals surface area contributed by atoms with Crippen molar-refractivity contribution in [3.8, 4) is 0 Å². The average Bonchev–Trinajstić information content (AvgIpc) is 2.87. The van der Waals surface area contributed by atoms with Gasteiger partial charge < -0.3 is 0 Å². The highest BCUT2D eigenvalue weighted by Gasteiger charge is 2.29. The van der Waals surface area contributed by atoms with Crippen LogP contribution in [0.2, 0.25) is 0 Å². The van der Waals surface area contributed by atoms with Gasteiger partial charge in [0.15, 0.2) is 0 Å². The van der Waals surface area contributed by atoms with Gasteiger partial charge in [-0.25, -0.2) is 0 Å². The van der Waals surface area contributed by atoms with Gasteiger partial charge in [0.25, 0.3) is 0 Å². The van der Waals surface area contributed by atoms with E-state index in [9.17, 15) is 9.59 Å². The Morgan fingerprint density at radius 2 is 1.18 bits per heavy atom. The van der Waals surface area contributed by atoms with Crippen LogP contribution in [-0.4, -0.2) is 10.5 Å². The first-order chi connectivity index (χ1) is 16.4. The minimum absolute atomic E-state index is 0.0905. The summed E-state index contributed by atoms with van der Waals surface area (Å²) in [6.45, 7) is 15.7. The van der Waals surface area contributed by atoms with E-state index >= 15 is 0 Å². The molecule has 0 radical (unpaired) electrons. The quantitative estimate of drug-likeness (QED) is 0.276. The predicted octanol–water partition coefficient (Wildman–Crippen LogP) is 9.36. The third kappa shape index (κ3) is 7.97.